The number of para-hydroxylation sites is 1. The molecule has 2 aromatic carbocycles. The van der Waals surface area contributed by atoms with E-state index in [2.05, 4.69) is 10.1 Å². The smallest absolute Gasteiger partial charge is 0.264 e. The number of hydrogen-bond acceptors (Lipinski definition) is 4. The molecule has 0 amide bonds. The first-order valence-corrected chi connectivity index (χ1v) is 6.07. The Bertz CT molecular complexity index is 681. The summed E-state index contributed by atoms with van der Waals surface area (Å²) in [6, 6.07) is 15.3. The molecule has 1 heterocycles. The van der Waals surface area contributed by atoms with Gasteiger partial charge < -0.3 is 9.26 Å². The van der Waals surface area contributed by atoms with Crippen molar-refractivity contribution >= 4 is 0 Å². The maximum absolute atomic E-state index is 12.8. The fourth-order valence-electron chi connectivity index (χ4n) is 1.69. The lowest BCUT2D eigenvalue weighted by molar-refractivity contribution is 0.243. The van der Waals surface area contributed by atoms with Crippen molar-refractivity contribution < 1.29 is 13.7 Å². The summed E-state index contributed by atoms with van der Waals surface area (Å²) < 4.78 is 23.4. The van der Waals surface area contributed by atoms with Crippen LogP contribution in [0.1, 0.15) is 5.89 Å². The van der Waals surface area contributed by atoms with Gasteiger partial charge >= 0.3 is 0 Å². The summed E-state index contributed by atoms with van der Waals surface area (Å²) in [4.78, 5) is 4.20. The van der Waals surface area contributed by atoms with Crippen molar-refractivity contribution in [1.29, 1.82) is 0 Å². The maximum atomic E-state index is 12.8. The highest BCUT2D eigenvalue weighted by Crippen LogP contribution is 2.17. The fourth-order valence-corrected chi connectivity index (χ4v) is 1.69. The first-order chi connectivity index (χ1) is 9.81. The Morgan fingerprint density at radius 3 is 2.50 bits per heavy atom. The molecule has 0 atom stereocenters. The average Bonchev–Trinajstić information content (AvgIpc) is 2.96. The van der Waals surface area contributed by atoms with E-state index in [0.717, 1.165) is 5.75 Å². The maximum Gasteiger partial charge on any atom is 0.264 e. The Kier molecular flexibility index (Phi) is 3.41. The third kappa shape index (κ3) is 2.83. The summed E-state index contributed by atoms with van der Waals surface area (Å²) in [5, 5.41) is 3.84. The summed E-state index contributed by atoms with van der Waals surface area (Å²) in [7, 11) is 0. The van der Waals surface area contributed by atoms with E-state index in [1.807, 2.05) is 30.3 Å². The van der Waals surface area contributed by atoms with E-state index in [1.165, 1.54) is 12.1 Å². The highest BCUT2D eigenvalue weighted by atomic mass is 19.1. The lowest BCUT2D eigenvalue weighted by atomic mass is 10.2. The lowest BCUT2D eigenvalue weighted by Crippen LogP contribution is -1.95. The zero-order valence-corrected chi connectivity index (χ0v) is 10.5. The van der Waals surface area contributed by atoms with Gasteiger partial charge in [0.2, 0.25) is 5.82 Å². The highest BCUT2D eigenvalue weighted by Gasteiger charge is 2.09. The Hall–Kier alpha value is -2.69. The second kappa shape index (κ2) is 5.52. The van der Waals surface area contributed by atoms with Crippen molar-refractivity contribution in [2.24, 2.45) is 0 Å². The van der Waals surface area contributed by atoms with Crippen LogP contribution in [0.25, 0.3) is 11.4 Å². The van der Waals surface area contributed by atoms with Crippen LogP contribution in [0.2, 0.25) is 0 Å². The monoisotopic (exact) mass is 270 g/mol. The van der Waals surface area contributed by atoms with E-state index >= 15 is 0 Å². The van der Waals surface area contributed by atoms with E-state index < -0.39 is 0 Å². The van der Waals surface area contributed by atoms with E-state index in [4.69, 9.17) is 9.26 Å². The minimum atomic E-state index is -0.301. The summed E-state index contributed by atoms with van der Waals surface area (Å²) in [5.41, 5.74) is 0.695. The Morgan fingerprint density at radius 1 is 1.00 bits per heavy atom. The second-order valence-corrected chi connectivity index (χ2v) is 4.12. The van der Waals surface area contributed by atoms with Gasteiger partial charge in [-0.05, 0) is 36.4 Å². The van der Waals surface area contributed by atoms with Crippen LogP contribution in [0.3, 0.4) is 0 Å². The van der Waals surface area contributed by atoms with Crippen molar-refractivity contribution in [2.75, 3.05) is 0 Å². The van der Waals surface area contributed by atoms with Gasteiger partial charge in [0.1, 0.15) is 11.6 Å². The van der Waals surface area contributed by atoms with Gasteiger partial charge in [-0.25, -0.2) is 4.39 Å². The van der Waals surface area contributed by atoms with E-state index in [9.17, 15) is 4.39 Å². The molecule has 0 fully saturated rings. The zero-order chi connectivity index (χ0) is 13.8. The quantitative estimate of drug-likeness (QED) is 0.728. The van der Waals surface area contributed by atoms with Gasteiger partial charge in [-0.1, -0.05) is 23.4 Å². The molecule has 100 valence electrons. The normalized spacial score (nSPS) is 10.4. The molecule has 0 unspecified atom stereocenters. The molecule has 3 aromatic rings. The molecule has 20 heavy (non-hydrogen) atoms. The minimum Gasteiger partial charge on any atom is -0.484 e. The predicted molar refractivity (Wildman–Crippen MR) is 70.5 cm³/mol. The van der Waals surface area contributed by atoms with Crippen LogP contribution >= 0.6 is 0 Å². The van der Waals surface area contributed by atoms with Crippen molar-refractivity contribution in [3.8, 4) is 17.1 Å². The summed E-state index contributed by atoms with van der Waals surface area (Å²) in [5.74, 6) is 1.21. The Balaban J connectivity index is 1.69. The first-order valence-electron chi connectivity index (χ1n) is 6.07. The SMILES string of the molecule is Fc1ccc(-c2noc(COc3ccccc3)n2)cc1. The van der Waals surface area contributed by atoms with Crippen LogP contribution in [0.15, 0.2) is 59.1 Å². The standard InChI is InChI=1S/C15H11FN2O2/c16-12-8-6-11(7-9-12)15-17-14(20-18-15)10-19-13-4-2-1-3-5-13/h1-9H,10H2. The van der Waals surface area contributed by atoms with Crippen LogP contribution in [-0.4, -0.2) is 10.1 Å². The van der Waals surface area contributed by atoms with Crippen LogP contribution < -0.4 is 4.74 Å². The van der Waals surface area contributed by atoms with Gasteiger partial charge in [-0.15, -0.1) is 0 Å². The molecule has 0 spiro atoms. The molecule has 0 radical (unpaired) electrons. The molecule has 3 rings (SSSR count). The third-order valence-electron chi connectivity index (χ3n) is 2.68. The molecule has 0 aliphatic heterocycles. The highest BCUT2D eigenvalue weighted by molar-refractivity contribution is 5.53. The Labute approximate surface area is 114 Å². The number of rotatable bonds is 4. The number of ether oxygens (including phenoxy) is 1. The summed E-state index contributed by atoms with van der Waals surface area (Å²) in [6.07, 6.45) is 0. The van der Waals surface area contributed by atoms with Gasteiger partial charge in [-0.2, -0.15) is 4.98 Å². The molecule has 5 heteroatoms. The van der Waals surface area contributed by atoms with Crippen molar-refractivity contribution in [1.82, 2.24) is 10.1 Å². The largest absolute Gasteiger partial charge is 0.484 e. The molecule has 4 nitrogen and oxygen atoms in total. The molecule has 1 aromatic heterocycles. The molecule has 0 saturated carbocycles. The van der Waals surface area contributed by atoms with E-state index in [-0.39, 0.29) is 12.4 Å². The zero-order valence-electron chi connectivity index (χ0n) is 10.5. The molecule has 0 saturated heterocycles. The van der Waals surface area contributed by atoms with Crippen LogP contribution in [0, 0.1) is 5.82 Å². The summed E-state index contributed by atoms with van der Waals surface area (Å²) >= 11 is 0. The summed E-state index contributed by atoms with van der Waals surface area (Å²) in [6.45, 7) is 0.193. The van der Waals surface area contributed by atoms with Crippen LogP contribution in [-0.2, 0) is 6.61 Å². The average molecular weight is 270 g/mol. The predicted octanol–water partition coefficient (Wildman–Crippen LogP) is 3.45. The van der Waals surface area contributed by atoms with Gasteiger partial charge in [0.05, 0.1) is 0 Å². The molecule has 0 aliphatic rings. The molecule has 0 N–H and O–H groups in total. The number of nitrogens with zero attached hydrogens (tertiary/aromatic N) is 2. The van der Waals surface area contributed by atoms with Crippen LogP contribution in [0.5, 0.6) is 5.75 Å². The third-order valence-corrected chi connectivity index (χ3v) is 2.68. The van der Waals surface area contributed by atoms with Crippen molar-refractivity contribution in [3.05, 3.63) is 66.3 Å². The minimum absolute atomic E-state index is 0.193. The molecule has 0 bridgehead atoms. The molecular formula is C15H11FN2O2. The number of benzene rings is 2. The Morgan fingerprint density at radius 2 is 1.75 bits per heavy atom. The van der Waals surface area contributed by atoms with Crippen molar-refractivity contribution in [3.63, 3.8) is 0 Å². The van der Waals surface area contributed by atoms with Gasteiger partial charge in [-0.3, -0.25) is 0 Å². The van der Waals surface area contributed by atoms with Gasteiger partial charge in [0.15, 0.2) is 6.61 Å². The second-order valence-electron chi connectivity index (χ2n) is 4.12. The fraction of sp³-hybridized carbons (Fsp3) is 0.0667. The number of aromatic nitrogens is 2. The lowest BCUT2D eigenvalue weighted by Gasteiger charge is -2.01. The molecule has 0 aliphatic carbocycles. The van der Waals surface area contributed by atoms with E-state index in [1.54, 1.807) is 12.1 Å². The molecular weight excluding hydrogens is 259 g/mol. The van der Waals surface area contributed by atoms with Gasteiger partial charge in [0.25, 0.3) is 5.89 Å². The number of hydrogen-bond donors (Lipinski definition) is 0. The first kappa shape index (κ1) is 12.3. The topological polar surface area (TPSA) is 48.2 Å². The number of halogens is 1. The van der Waals surface area contributed by atoms with Crippen molar-refractivity contribution in [2.45, 2.75) is 6.61 Å². The van der Waals surface area contributed by atoms with Gasteiger partial charge in [0, 0.05) is 5.56 Å². The van der Waals surface area contributed by atoms with E-state index in [0.29, 0.717) is 17.3 Å². The van der Waals surface area contributed by atoms with Crippen LogP contribution in [0.4, 0.5) is 4.39 Å².